The molecule has 0 amide bonds. The first-order valence-corrected chi connectivity index (χ1v) is 2.57. The van der Waals surface area contributed by atoms with Gasteiger partial charge in [-0.1, -0.05) is 0 Å². The minimum atomic E-state index is -0.250. The Balaban J connectivity index is 0. The Morgan fingerprint density at radius 1 is 1.33 bits per heavy atom. The van der Waals surface area contributed by atoms with Gasteiger partial charge in [0.05, 0.1) is 0 Å². The van der Waals surface area contributed by atoms with Gasteiger partial charge in [-0.15, -0.1) is 0 Å². The third-order valence-corrected chi connectivity index (χ3v) is 0.827. The van der Waals surface area contributed by atoms with Crippen LogP contribution in [0.3, 0.4) is 0 Å². The van der Waals surface area contributed by atoms with E-state index in [2.05, 4.69) is 0 Å². The molecule has 1 heterocycles. The molecule has 0 aliphatic carbocycles. The van der Waals surface area contributed by atoms with Crippen LogP contribution in [0, 0.1) is 0 Å². The minimum absolute atomic E-state index is 0. The summed E-state index contributed by atoms with van der Waals surface area (Å²) in [5, 5.41) is 6.89. The van der Waals surface area contributed by atoms with Gasteiger partial charge in [0, 0.05) is 13.2 Å². The molecule has 0 bridgehead atoms. The molecule has 1 fully saturated rings. The summed E-state index contributed by atoms with van der Waals surface area (Å²) in [6.45, 7) is 1.75. The maximum absolute atomic E-state index is 8.36. The van der Waals surface area contributed by atoms with E-state index in [9.17, 15) is 0 Å². The van der Waals surface area contributed by atoms with Crippen molar-refractivity contribution in [1.82, 2.24) is 0 Å². The van der Waals surface area contributed by atoms with Gasteiger partial charge in [0.25, 0.3) is 6.47 Å². The summed E-state index contributed by atoms with van der Waals surface area (Å²) in [6.07, 6.45) is 2.56. The Kier molecular flexibility index (Phi) is 15.2. The van der Waals surface area contributed by atoms with Crippen LogP contribution in [-0.2, 0) is 9.53 Å². The van der Waals surface area contributed by atoms with Crippen LogP contribution in [0.1, 0.15) is 12.8 Å². The fraction of sp³-hybridized carbons (Fsp3) is 0.800. The molecule has 1 saturated heterocycles. The van der Waals surface area contributed by atoms with Gasteiger partial charge in [-0.25, -0.2) is 0 Å². The first kappa shape index (κ1) is 12.1. The van der Waals surface area contributed by atoms with Gasteiger partial charge < -0.3 is 9.84 Å². The predicted octanol–water partition coefficient (Wildman–Crippen LogP) is -0.151. The molecule has 50 valence electrons. The van der Waals surface area contributed by atoms with E-state index in [4.69, 9.17) is 14.6 Å². The molecule has 9 heavy (non-hydrogen) atoms. The maximum atomic E-state index is 8.36. The van der Waals surface area contributed by atoms with Crippen molar-refractivity contribution in [2.45, 2.75) is 12.8 Å². The van der Waals surface area contributed by atoms with E-state index in [1.807, 2.05) is 0 Å². The summed E-state index contributed by atoms with van der Waals surface area (Å²) >= 11 is 0. The van der Waals surface area contributed by atoms with Crippen LogP contribution < -0.4 is 0 Å². The van der Waals surface area contributed by atoms with Gasteiger partial charge in [-0.05, 0) is 12.8 Å². The second-order valence-corrected chi connectivity index (χ2v) is 1.42. The van der Waals surface area contributed by atoms with Crippen molar-refractivity contribution >= 4 is 36.0 Å². The molecular formula is C5H11NaO3. The normalized spacial score (nSPS) is 14.7. The molecule has 0 aromatic heterocycles. The van der Waals surface area contributed by atoms with Crippen molar-refractivity contribution in [1.29, 1.82) is 0 Å². The van der Waals surface area contributed by atoms with E-state index in [-0.39, 0.29) is 36.0 Å². The third-order valence-electron chi connectivity index (χ3n) is 0.827. The molecule has 1 aliphatic heterocycles. The summed E-state index contributed by atoms with van der Waals surface area (Å²) in [5.74, 6) is 0. The quantitative estimate of drug-likeness (QED) is 0.378. The number of hydrogen-bond acceptors (Lipinski definition) is 2. The standard InChI is InChI=1S/C4H8O.CH2O2.Na.H/c1-2-4-5-3-1;2-1-3;;/h1-4H2;1H,(H,2,3);;. The van der Waals surface area contributed by atoms with E-state index in [0.717, 1.165) is 13.2 Å². The van der Waals surface area contributed by atoms with Crippen molar-refractivity contribution in [3.05, 3.63) is 0 Å². The number of ether oxygens (including phenoxy) is 1. The Morgan fingerprint density at radius 3 is 1.78 bits per heavy atom. The average Bonchev–Trinajstić information content (AvgIpc) is 2.17. The summed E-state index contributed by atoms with van der Waals surface area (Å²) in [4.78, 5) is 8.36. The molecule has 1 aliphatic rings. The van der Waals surface area contributed by atoms with Crippen LogP contribution >= 0.6 is 0 Å². The monoisotopic (exact) mass is 142 g/mol. The summed E-state index contributed by atoms with van der Waals surface area (Å²) in [5.41, 5.74) is 0. The number of carboxylic acid groups (broad SMARTS) is 1. The molecule has 0 aromatic rings. The van der Waals surface area contributed by atoms with Crippen molar-refractivity contribution < 1.29 is 14.6 Å². The fourth-order valence-electron chi connectivity index (χ4n) is 0.510. The summed E-state index contributed by atoms with van der Waals surface area (Å²) in [6, 6.07) is 0. The number of rotatable bonds is 0. The van der Waals surface area contributed by atoms with Crippen LogP contribution in [0.25, 0.3) is 0 Å². The predicted molar refractivity (Wildman–Crippen MR) is 35.9 cm³/mol. The SMILES string of the molecule is C1CCOC1.O=CO.[NaH]. The molecule has 0 saturated carbocycles. The second kappa shape index (κ2) is 11.3. The van der Waals surface area contributed by atoms with Crippen LogP contribution in [0.5, 0.6) is 0 Å². The van der Waals surface area contributed by atoms with E-state index < -0.39 is 0 Å². The van der Waals surface area contributed by atoms with Gasteiger partial charge in [-0.3, -0.25) is 4.79 Å². The third kappa shape index (κ3) is 11.8. The van der Waals surface area contributed by atoms with Gasteiger partial charge in [0.15, 0.2) is 0 Å². The Labute approximate surface area is 76.7 Å². The average molecular weight is 142 g/mol. The molecule has 1 rings (SSSR count). The van der Waals surface area contributed by atoms with Gasteiger partial charge >= 0.3 is 29.6 Å². The molecule has 0 aromatic carbocycles. The van der Waals surface area contributed by atoms with E-state index in [1.165, 1.54) is 12.8 Å². The molecule has 1 N–H and O–H groups in total. The van der Waals surface area contributed by atoms with Gasteiger partial charge in [0.1, 0.15) is 0 Å². The van der Waals surface area contributed by atoms with Gasteiger partial charge in [0.2, 0.25) is 0 Å². The molecule has 4 heteroatoms. The Hall–Kier alpha value is 0.430. The Bertz CT molecular complexity index is 46.6. The van der Waals surface area contributed by atoms with Crippen LogP contribution in [-0.4, -0.2) is 54.3 Å². The van der Waals surface area contributed by atoms with Crippen LogP contribution in [0.15, 0.2) is 0 Å². The molecule has 0 radical (unpaired) electrons. The van der Waals surface area contributed by atoms with Gasteiger partial charge in [-0.2, -0.15) is 0 Å². The number of carbonyl (C=O) groups is 1. The zero-order valence-corrected chi connectivity index (χ0v) is 4.67. The van der Waals surface area contributed by atoms with E-state index in [1.54, 1.807) is 0 Å². The van der Waals surface area contributed by atoms with Crippen molar-refractivity contribution in [3.63, 3.8) is 0 Å². The zero-order valence-electron chi connectivity index (χ0n) is 4.67. The molecule has 0 spiro atoms. The van der Waals surface area contributed by atoms with E-state index in [0.29, 0.717) is 0 Å². The topological polar surface area (TPSA) is 46.5 Å². The van der Waals surface area contributed by atoms with Crippen LogP contribution in [0.2, 0.25) is 0 Å². The zero-order chi connectivity index (χ0) is 6.24. The summed E-state index contributed by atoms with van der Waals surface area (Å²) in [7, 11) is 0. The molecule has 0 unspecified atom stereocenters. The van der Waals surface area contributed by atoms with E-state index >= 15 is 0 Å². The second-order valence-electron chi connectivity index (χ2n) is 1.42. The molecule has 0 atom stereocenters. The molecular weight excluding hydrogens is 131 g/mol. The van der Waals surface area contributed by atoms with Crippen molar-refractivity contribution in [2.75, 3.05) is 13.2 Å². The fourth-order valence-corrected chi connectivity index (χ4v) is 0.510. The first-order chi connectivity index (χ1) is 3.91. The number of hydrogen-bond donors (Lipinski definition) is 1. The Morgan fingerprint density at radius 2 is 1.67 bits per heavy atom. The van der Waals surface area contributed by atoms with Crippen molar-refractivity contribution in [2.24, 2.45) is 0 Å². The summed E-state index contributed by atoms with van der Waals surface area (Å²) < 4.78 is 4.94. The first-order valence-electron chi connectivity index (χ1n) is 2.57. The molecule has 3 nitrogen and oxygen atoms in total. The van der Waals surface area contributed by atoms with Crippen LogP contribution in [0.4, 0.5) is 0 Å². The van der Waals surface area contributed by atoms with Crippen molar-refractivity contribution in [3.8, 4) is 0 Å².